The molecule has 1 aliphatic rings. The van der Waals surface area contributed by atoms with Crippen molar-refractivity contribution >= 4 is 0 Å². The molecule has 2 N–H and O–H groups in total. The number of hydrogen-bond acceptors (Lipinski definition) is 4. The summed E-state index contributed by atoms with van der Waals surface area (Å²) >= 11 is 0. The number of hydrogen-bond donors (Lipinski definition) is 2. The van der Waals surface area contributed by atoms with Crippen LogP contribution < -0.4 is 4.74 Å². The van der Waals surface area contributed by atoms with Gasteiger partial charge in [-0.25, -0.2) is 4.98 Å². The SMILES string of the molecule is COc1cccc([C@@H]2C[C@H](O)CN2Cc2cnc[nH]2)c1. The second-order valence-electron chi connectivity index (χ2n) is 5.19. The molecule has 2 atom stereocenters. The summed E-state index contributed by atoms with van der Waals surface area (Å²) in [6.45, 7) is 1.44. The number of benzene rings is 1. The molecule has 2 aromatic rings. The minimum absolute atomic E-state index is 0.211. The molecule has 1 aromatic heterocycles. The number of nitrogens with one attached hydrogen (secondary N) is 1. The Kier molecular flexibility index (Phi) is 3.71. The average molecular weight is 273 g/mol. The highest BCUT2D eigenvalue weighted by Crippen LogP contribution is 2.34. The van der Waals surface area contributed by atoms with Gasteiger partial charge >= 0.3 is 0 Å². The van der Waals surface area contributed by atoms with Crippen LogP contribution in [-0.2, 0) is 6.54 Å². The summed E-state index contributed by atoms with van der Waals surface area (Å²) in [7, 11) is 1.67. The van der Waals surface area contributed by atoms with Crippen molar-refractivity contribution in [2.24, 2.45) is 0 Å². The maximum Gasteiger partial charge on any atom is 0.119 e. The summed E-state index contributed by atoms with van der Waals surface area (Å²) in [4.78, 5) is 9.43. The van der Waals surface area contributed by atoms with Crippen molar-refractivity contribution in [3.63, 3.8) is 0 Å². The van der Waals surface area contributed by atoms with E-state index in [-0.39, 0.29) is 12.1 Å². The molecule has 0 amide bonds. The Morgan fingerprint density at radius 3 is 3.15 bits per heavy atom. The number of aliphatic hydroxyl groups is 1. The standard InChI is InChI=1S/C15H19N3O2/c1-20-14-4-2-3-11(5-14)15-6-13(19)9-18(15)8-12-7-16-10-17-12/h2-5,7,10,13,15,19H,6,8-9H2,1H3,(H,16,17)/t13-,15-/m0/s1. The fourth-order valence-electron chi connectivity index (χ4n) is 2.84. The molecular formula is C15H19N3O2. The molecule has 1 fully saturated rings. The second-order valence-corrected chi connectivity index (χ2v) is 5.19. The van der Waals surface area contributed by atoms with E-state index in [0.29, 0.717) is 6.54 Å². The highest BCUT2D eigenvalue weighted by Gasteiger charge is 2.32. The highest BCUT2D eigenvalue weighted by molar-refractivity contribution is 5.31. The van der Waals surface area contributed by atoms with Gasteiger partial charge in [-0.05, 0) is 24.1 Å². The van der Waals surface area contributed by atoms with Crippen molar-refractivity contribution in [3.05, 3.63) is 48.0 Å². The Labute approximate surface area is 118 Å². The molecule has 20 heavy (non-hydrogen) atoms. The van der Waals surface area contributed by atoms with Crippen molar-refractivity contribution in [2.45, 2.75) is 25.1 Å². The van der Waals surface area contributed by atoms with E-state index in [0.717, 1.165) is 24.4 Å². The number of aromatic amines is 1. The van der Waals surface area contributed by atoms with Crippen LogP contribution in [-0.4, -0.2) is 39.7 Å². The summed E-state index contributed by atoms with van der Waals surface area (Å²) in [6.07, 6.45) is 3.98. The normalized spacial score (nSPS) is 23.1. The molecule has 5 nitrogen and oxygen atoms in total. The lowest BCUT2D eigenvalue weighted by molar-refractivity contribution is 0.172. The van der Waals surface area contributed by atoms with E-state index in [2.05, 4.69) is 20.9 Å². The smallest absolute Gasteiger partial charge is 0.119 e. The zero-order valence-electron chi connectivity index (χ0n) is 11.5. The molecule has 0 saturated carbocycles. The van der Waals surface area contributed by atoms with Gasteiger partial charge < -0.3 is 14.8 Å². The van der Waals surface area contributed by atoms with Crippen molar-refractivity contribution in [1.29, 1.82) is 0 Å². The van der Waals surface area contributed by atoms with Crippen LogP contribution in [0.2, 0.25) is 0 Å². The van der Waals surface area contributed by atoms with E-state index in [1.165, 1.54) is 5.56 Å². The summed E-state index contributed by atoms with van der Waals surface area (Å²) < 4.78 is 5.29. The maximum atomic E-state index is 9.99. The number of rotatable bonds is 4. The van der Waals surface area contributed by atoms with Gasteiger partial charge in [0.1, 0.15) is 5.75 Å². The number of aliphatic hydroxyl groups excluding tert-OH is 1. The first-order valence-corrected chi connectivity index (χ1v) is 6.79. The number of aromatic nitrogens is 2. The molecule has 0 spiro atoms. The van der Waals surface area contributed by atoms with E-state index in [1.807, 2.05) is 24.4 Å². The molecule has 106 valence electrons. The lowest BCUT2D eigenvalue weighted by Gasteiger charge is -2.24. The van der Waals surface area contributed by atoms with Crippen LogP contribution in [0, 0.1) is 0 Å². The zero-order valence-corrected chi connectivity index (χ0v) is 11.5. The van der Waals surface area contributed by atoms with Gasteiger partial charge in [-0.15, -0.1) is 0 Å². The van der Waals surface area contributed by atoms with Gasteiger partial charge in [0.25, 0.3) is 0 Å². The van der Waals surface area contributed by atoms with Gasteiger partial charge in [0.05, 0.1) is 19.5 Å². The first-order chi connectivity index (χ1) is 9.76. The number of ether oxygens (including phenoxy) is 1. The first-order valence-electron chi connectivity index (χ1n) is 6.79. The highest BCUT2D eigenvalue weighted by atomic mass is 16.5. The Morgan fingerprint density at radius 2 is 2.40 bits per heavy atom. The lowest BCUT2D eigenvalue weighted by Crippen LogP contribution is -2.24. The van der Waals surface area contributed by atoms with Crippen LogP contribution in [0.25, 0.3) is 0 Å². The van der Waals surface area contributed by atoms with Crippen LogP contribution in [0.4, 0.5) is 0 Å². The zero-order chi connectivity index (χ0) is 13.9. The number of β-amino-alcohol motifs (C(OH)–C–C–N with tert-alkyl or cyclic N) is 1. The molecular weight excluding hydrogens is 254 g/mol. The van der Waals surface area contributed by atoms with Crippen molar-refractivity contribution in [2.75, 3.05) is 13.7 Å². The van der Waals surface area contributed by atoms with Crippen molar-refractivity contribution < 1.29 is 9.84 Å². The van der Waals surface area contributed by atoms with Crippen LogP contribution in [0.5, 0.6) is 5.75 Å². The molecule has 0 radical (unpaired) electrons. The number of methoxy groups -OCH3 is 1. The van der Waals surface area contributed by atoms with Crippen molar-refractivity contribution in [1.82, 2.24) is 14.9 Å². The van der Waals surface area contributed by atoms with Crippen LogP contribution >= 0.6 is 0 Å². The molecule has 0 aliphatic carbocycles. The quantitative estimate of drug-likeness (QED) is 0.890. The third-order valence-corrected chi connectivity index (χ3v) is 3.79. The predicted octanol–water partition coefficient (Wildman–Crippen LogP) is 1.73. The van der Waals surface area contributed by atoms with Crippen LogP contribution in [0.15, 0.2) is 36.8 Å². The minimum Gasteiger partial charge on any atom is -0.497 e. The first kappa shape index (κ1) is 13.1. The Balaban J connectivity index is 1.81. The fourth-order valence-corrected chi connectivity index (χ4v) is 2.84. The van der Waals surface area contributed by atoms with Gasteiger partial charge in [0, 0.05) is 31.0 Å². The third-order valence-electron chi connectivity index (χ3n) is 3.79. The lowest BCUT2D eigenvalue weighted by atomic mass is 10.0. The number of imidazole rings is 1. The van der Waals surface area contributed by atoms with E-state index in [9.17, 15) is 5.11 Å². The minimum atomic E-state index is -0.283. The van der Waals surface area contributed by atoms with Gasteiger partial charge in [-0.1, -0.05) is 12.1 Å². The van der Waals surface area contributed by atoms with Gasteiger partial charge in [0.2, 0.25) is 0 Å². The molecule has 0 unspecified atom stereocenters. The van der Waals surface area contributed by atoms with Gasteiger partial charge in [0.15, 0.2) is 0 Å². The second kappa shape index (κ2) is 5.64. The van der Waals surface area contributed by atoms with Crippen LogP contribution in [0.1, 0.15) is 23.7 Å². The Morgan fingerprint density at radius 1 is 1.50 bits per heavy atom. The topological polar surface area (TPSA) is 61.4 Å². The molecule has 2 heterocycles. The Hall–Kier alpha value is -1.85. The van der Waals surface area contributed by atoms with Gasteiger partial charge in [-0.2, -0.15) is 0 Å². The van der Waals surface area contributed by atoms with E-state index in [1.54, 1.807) is 13.4 Å². The monoisotopic (exact) mass is 273 g/mol. The number of H-pyrrole nitrogens is 1. The molecule has 5 heteroatoms. The summed E-state index contributed by atoms with van der Waals surface area (Å²) in [5.74, 6) is 0.852. The fraction of sp³-hybridized carbons (Fsp3) is 0.400. The molecule has 3 rings (SSSR count). The molecule has 1 aliphatic heterocycles. The summed E-state index contributed by atoms with van der Waals surface area (Å²) in [6, 6.07) is 8.28. The number of likely N-dealkylation sites (tertiary alicyclic amines) is 1. The summed E-state index contributed by atoms with van der Waals surface area (Å²) in [5, 5.41) is 9.99. The molecule has 1 saturated heterocycles. The number of nitrogens with zero attached hydrogens (tertiary/aromatic N) is 2. The molecule has 0 bridgehead atoms. The van der Waals surface area contributed by atoms with Gasteiger partial charge in [-0.3, -0.25) is 4.90 Å². The largest absolute Gasteiger partial charge is 0.497 e. The molecule has 1 aromatic carbocycles. The van der Waals surface area contributed by atoms with Crippen LogP contribution in [0.3, 0.4) is 0 Å². The van der Waals surface area contributed by atoms with E-state index >= 15 is 0 Å². The Bertz CT molecular complexity index is 556. The maximum absolute atomic E-state index is 9.99. The van der Waals surface area contributed by atoms with E-state index < -0.39 is 0 Å². The average Bonchev–Trinajstić information content (AvgIpc) is 3.09. The van der Waals surface area contributed by atoms with E-state index in [4.69, 9.17) is 4.74 Å². The predicted molar refractivity (Wildman–Crippen MR) is 75.4 cm³/mol. The third kappa shape index (κ3) is 2.69. The summed E-state index contributed by atoms with van der Waals surface area (Å²) in [5.41, 5.74) is 2.24. The van der Waals surface area contributed by atoms with Crippen molar-refractivity contribution in [3.8, 4) is 5.75 Å².